The van der Waals surface area contributed by atoms with Crippen LogP contribution in [0.3, 0.4) is 0 Å². The zero-order valence-corrected chi connectivity index (χ0v) is 23.2. The Balaban J connectivity index is 2.08. The lowest BCUT2D eigenvalue weighted by atomic mass is 9.38. The van der Waals surface area contributed by atoms with Crippen LogP contribution in [0.25, 0.3) is 0 Å². The van der Waals surface area contributed by atoms with Crippen LogP contribution in [0.4, 0.5) is 0 Å². The van der Waals surface area contributed by atoms with Crippen molar-refractivity contribution < 1.29 is 53.1 Å². The Morgan fingerprint density at radius 1 is 0.974 bits per heavy atom. The summed E-state index contributed by atoms with van der Waals surface area (Å²) in [6.07, 6.45) is -1.79. The predicted molar refractivity (Wildman–Crippen MR) is 129 cm³/mol. The van der Waals surface area contributed by atoms with Gasteiger partial charge in [-0.05, 0) is 31.1 Å². The maximum Gasteiger partial charge on any atom is 0.333 e. The number of esters is 4. The summed E-state index contributed by atoms with van der Waals surface area (Å²) in [6, 6.07) is 0. The fourth-order valence-corrected chi connectivity index (χ4v) is 8.15. The molecule has 11 heteroatoms. The van der Waals surface area contributed by atoms with Crippen molar-refractivity contribution in [3.05, 3.63) is 11.6 Å². The molecular formula is C27H38O11. The third kappa shape index (κ3) is 3.65. The Labute approximate surface area is 221 Å². The Bertz CT molecular complexity index is 1090. The highest BCUT2D eigenvalue weighted by molar-refractivity contribution is 5.87. The number of carbonyl (C=O) groups is 4. The van der Waals surface area contributed by atoms with E-state index in [0.717, 1.165) is 6.08 Å². The fraction of sp³-hybridized carbons (Fsp3) is 0.778. The minimum absolute atomic E-state index is 0.0426. The Kier molecular flexibility index (Phi) is 6.57. The van der Waals surface area contributed by atoms with E-state index in [1.807, 2.05) is 13.8 Å². The number of methoxy groups -OCH3 is 1. The van der Waals surface area contributed by atoms with Crippen molar-refractivity contribution in [2.75, 3.05) is 7.11 Å². The first-order chi connectivity index (χ1) is 17.4. The molecule has 4 aliphatic rings. The van der Waals surface area contributed by atoms with Crippen molar-refractivity contribution in [1.29, 1.82) is 0 Å². The molecule has 0 aromatic rings. The lowest BCUT2D eigenvalue weighted by Gasteiger charge is -2.71. The molecule has 11 nitrogen and oxygen atoms in total. The molecule has 0 aromatic heterocycles. The molecule has 2 N–H and O–H groups in total. The van der Waals surface area contributed by atoms with Crippen molar-refractivity contribution in [3.8, 4) is 0 Å². The van der Waals surface area contributed by atoms with Gasteiger partial charge in [-0.3, -0.25) is 14.4 Å². The molecule has 4 rings (SSSR count). The molecule has 9 atom stereocenters. The number of rotatable bonds is 4. The van der Waals surface area contributed by atoms with Gasteiger partial charge in [-0.15, -0.1) is 0 Å². The molecule has 0 bridgehead atoms. The van der Waals surface area contributed by atoms with Crippen molar-refractivity contribution >= 4 is 23.9 Å². The second-order valence-corrected chi connectivity index (χ2v) is 12.1. The minimum atomic E-state index is -1.93. The predicted octanol–water partition coefficient (Wildman–Crippen LogP) is 1.57. The molecule has 3 fully saturated rings. The van der Waals surface area contributed by atoms with Crippen LogP contribution in [0.5, 0.6) is 0 Å². The number of hydrogen-bond donors (Lipinski definition) is 2. The van der Waals surface area contributed by atoms with Crippen molar-refractivity contribution in [1.82, 2.24) is 0 Å². The van der Waals surface area contributed by atoms with E-state index >= 15 is 0 Å². The fourth-order valence-electron chi connectivity index (χ4n) is 8.15. The van der Waals surface area contributed by atoms with Gasteiger partial charge >= 0.3 is 23.9 Å². The van der Waals surface area contributed by atoms with Crippen LogP contribution in [0.15, 0.2) is 11.6 Å². The molecule has 3 saturated carbocycles. The summed E-state index contributed by atoms with van der Waals surface area (Å²) in [5, 5.41) is 25.1. The summed E-state index contributed by atoms with van der Waals surface area (Å²) in [5.41, 5.74) is -6.03. The number of fused-ring (bicyclic) bond motifs is 4. The van der Waals surface area contributed by atoms with Gasteiger partial charge in [-0.2, -0.15) is 0 Å². The third-order valence-corrected chi connectivity index (χ3v) is 9.68. The number of aliphatic hydroxyl groups is 2. The number of ether oxygens (including phenoxy) is 5. The largest absolute Gasteiger partial charge is 0.462 e. The van der Waals surface area contributed by atoms with E-state index in [9.17, 15) is 29.4 Å². The van der Waals surface area contributed by atoms with E-state index in [-0.39, 0.29) is 12.0 Å². The summed E-state index contributed by atoms with van der Waals surface area (Å²) in [7, 11) is 1.35. The van der Waals surface area contributed by atoms with Gasteiger partial charge in [0, 0.05) is 57.3 Å². The zero-order chi connectivity index (χ0) is 28.6. The Morgan fingerprint density at radius 3 is 2.08 bits per heavy atom. The van der Waals surface area contributed by atoms with Crippen molar-refractivity contribution in [2.45, 2.75) is 103 Å². The highest BCUT2D eigenvalue weighted by Crippen LogP contribution is 2.70. The van der Waals surface area contributed by atoms with Gasteiger partial charge < -0.3 is 33.9 Å². The molecule has 0 spiro atoms. The summed E-state index contributed by atoms with van der Waals surface area (Å²) in [6.45, 7) is 10.4. The second-order valence-electron chi connectivity index (χ2n) is 12.1. The molecule has 212 valence electrons. The summed E-state index contributed by atoms with van der Waals surface area (Å²) >= 11 is 0. The molecule has 0 saturated heterocycles. The van der Waals surface area contributed by atoms with Crippen LogP contribution >= 0.6 is 0 Å². The summed E-state index contributed by atoms with van der Waals surface area (Å²) < 4.78 is 28.8. The van der Waals surface area contributed by atoms with E-state index in [2.05, 4.69) is 0 Å². The van der Waals surface area contributed by atoms with E-state index in [1.54, 1.807) is 6.92 Å². The molecule has 0 aromatic carbocycles. The average Bonchev–Trinajstić information content (AvgIpc) is 3.13. The summed E-state index contributed by atoms with van der Waals surface area (Å²) in [5.74, 6) is -6.23. The maximum absolute atomic E-state index is 12.9. The standard InChI is InChI=1S/C27H38O11/c1-13(28)35-18-9-10-23(4,5)27(33)22(37-15(3)30)21(36-14(2)29)20-16(24(18,27)6)12-26(34-8)17(25(20,7)32)11-19(31)38-26/h11,16,18,20-22,32-33H,9-10,12H2,1-8H3. The molecule has 38 heavy (non-hydrogen) atoms. The van der Waals surface area contributed by atoms with E-state index in [0.29, 0.717) is 12.8 Å². The molecule has 1 aliphatic heterocycles. The van der Waals surface area contributed by atoms with Gasteiger partial charge in [0.2, 0.25) is 5.79 Å². The zero-order valence-electron chi connectivity index (χ0n) is 23.2. The highest BCUT2D eigenvalue weighted by atomic mass is 16.7. The average molecular weight is 539 g/mol. The normalized spacial score (nSPS) is 44.9. The van der Waals surface area contributed by atoms with Crippen LogP contribution in [-0.2, 0) is 42.9 Å². The molecular weight excluding hydrogens is 500 g/mol. The van der Waals surface area contributed by atoms with Crippen LogP contribution in [0, 0.1) is 22.7 Å². The van der Waals surface area contributed by atoms with E-state index in [4.69, 9.17) is 23.7 Å². The monoisotopic (exact) mass is 538 g/mol. The minimum Gasteiger partial charge on any atom is -0.462 e. The van der Waals surface area contributed by atoms with Crippen molar-refractivity contribution in [3.63, 3.8) is 0 Å². The quantitative estimate of drug-likeness (QED) is 0.396. The molecule has 0 radical (unpaired) electrons. The molecule has 3 aliphatic carbocycles. The Hall–Kier alpha value is -2.50. The lowest BCUT2D eigenvalue weighted by Crippen LogP contribution is -2.82. The van der Waals surface area contributed by atoms with Gasteiger partial charge in [0.25, 0.3) is 0 Å². The third-order valence-electron chi connectivity index (χ3n) is 9.68. The van der Waals surface area contributed by atoms with Gasteiger partial charge in [0.05, 0.1) is 5.60 Å². The van der Waals surface area contributed by atoms with Crippen molar-refractivity contribution in [2.24, 2.45) is 22.7 Å². The van der Waals surface area contributed by atoms with Gasteiger partial charge in [-0.25, -0.2) is 4.79 Å². The molecule has 9 unspecified atom stereocenters. The smallest absolute Gasteiger partial charge is 0.333 e. The summed E-state index contributed by atoms with van der Waals surface area (Å²) in [4.78, 5) is 49.7. The van der Waals surface area contributed by atoms with Gasteiger partial charge in [-0.1, -0.05) is 20.8 Å². The topological polar surface area (TPSA) is 155 Å². The van der Waals surface area contributed by atoms with Gasteiger partial charge in [0.1, 0.15) is 17.8 Å². The van der Waals surface area contributed by atoms with Gasteiger partial charge in [0.15, 0.2) is 6.10 Å². The maximum atomic E-state index is 12.9. The van der Waals surface area contributed by atoms with Crippen LogP contribution < -0.4 is 0 Å². The first-order valence-corrected chi connectivity index (χ1v) is 12.9. The van der Waals surface area contributed by atoms with Crippen LogP contribution in [-0.4, -0.2) is 76.5 Å². The molecule has 0 amide bonds. The van der Waals surface area contributed by atoms with Crippen LogP contribution in [0.1, 0.15) is 67.7 Å². The number of hydrogen-bond acceptors (Lipinski definition) is 11. The number of carbonyl (C=O) groups excluding carboxylic acids is 4. The first-order valence-electron chi connectivity index (χ1n) is 12.9. The Morgan fingerprint density at radius 2 is 1.55 bits per heavy atom. The second kappa shape index (κ2) is 8.76. The van der Waals surface area contributed by atoms with Crippen LogP contribution in [0.2, 0.25) is 0 Å². The van der Waals surface area contributed by atoms with E-state index < -0.39 is 81.8 Å². The first kappa shape index (κ1) is 28.5. The van der Waals surface area contributed by atoms with E-state index in [1.165, 1.54) is 34.8 Å². The molecule has 1 heterocycles. The highest BCUT2D eigenvalue weighted by Gasteiger charge is 2.80. The SMILES string of the molecule is COC12CC3C(C(OC(C)=O)C(OC(C)=O)C4(O)C(C)(C)CCC(OC(C)=O)C34C)C(C)(O)C1=CC(=O)O2. The lowest BCUT2D eigenvalue weighted by molar-refractivity contribution is -0.362.